The van der Waals surface area contributed by atoms with Crippen LogP contribution in [-0.2, 0) is 16.1 Å². The molecule has 2 aromatic rings. The number of Topliss-reactive ketones (excluding diaryl/α,β-unsaturated/α-hetero) is 1. The maximum Gasteiger partial charge on any atom is 0.432 e. The molecule has 0 aliphatic rings. The van der Waals surface area contributed by atoms with Crippen LogP contribution in [0.1, 0.15) is 54.9 Å². The van der Waals surface area contributed by atoms with Crippen molar-refractivity contribution < 1.29 is 32.2 Å². The second kappa shape index (κ2) is 11.4. The minimum atomic E-state index is -4.95. The fourth-order valence-electron chi connectivity index (χ4n) is 2.78. The lowest BCUT2D eigenvalue weighted by Gasteiger charge is -2.19. The van der Waals surface area contributed by atoms with Crippen molar-refractivity contribution in [2.75, 3.05) is 0 Å². The molecule has 30 heavy (non-hydrogen) atoms. The van der Waals surface area contributed by atoms with E-state index in [2.05, 4.69) is 4.74 Å². The largest absolute Gasteiger partial charge is 0.489 e. The minimum Gasteiger partial charge on any atom is -0.489 e. The zero-order valence-corrected chi connectivity index (χ0v) is 16.8. The van der Waals surface area contributed by atoms with Crippen LogP contribution in [0, 0.1) is 0 Å². The Morgan fingerprint density at radius 2 is 1.60 bits per heavy atom. The number of rotatable bonds is 11. The first kappa shape index (κ1) is 23.4. The maximum atomic E-state index is 13.2. The molecule has 0 saturated carbocycles. The zero-order valence-electron chi connectivity index (χ0n) is 16.8. The van der Waals surface area contributed by atoms with Crippen molar-refractivity contribution >= 4 is 11.8 Å². The van der Waals surface area contributed by atoms with E-state index in [0.29, 0.717) is 25.2 Å². The summed E-state index contributed by atoms with van der Waals surface area (Å²) in [5.41, 5.74) is 0.863. The Labute approximate surface area is 174 Å². The van der Waals surface area contributed by atoms with Crippen molar-refractivity contribution in [3.63, 3.8) is 0 Å². The molecule has 0 aliphatic heterocycles. The lowest BCUT2D eigenvalue weighted by atomic mass is 10.1. The van der Waals surface area contributed by atoms with Gasteiger partial charge < -0.3 is 9.47 Å². The molecule has 0 amide bonds. The molecule has 0 aromatic heterocycles. The standard InChI is InChI=1S/C23H25F3O4/c1-2-3-4-8-11-20(27)21(23(24,25)26)30-22(28)18-12-14-19(15-13-18)29-16-17-9-6-5-7-10-17/h5-7,9-10,12-15,21H,2-4,8,11,16H2,1H3/t21-/m0/s1. The van der Waals surface area contributed by atoms with Crippen molar-refractivity contribution in [2.24, 2.45) is 0 Å². The van der Waals surface area contributed by atoms with E-state index in [4.69, 9.17) is 4.74 Å². The van der Waals surface area contributed by atoms with E-state index in [0.717, 1.165) is 18.4 Å². The first-order valence-electron chi connectivity index (χ1n) is 9.88. The topological polar surface area (TPSA) is 52.6 Å². The van der Waals surface area contributed by atoms with Gasteiger partial charge in [-0.2, -0.15) is 13.2 Å². The number of alkyl halides is 3. The van der Waals surface area contributed by atoms with Gasteiger partial charge in [-0.1, -0.05) is 56.5 Å². The lowest BCUT2D eigenvalue weighted by molar-refractivity contribution is -0.204. The summed E-state index contributed by atoms with van der Waals surface area (Å²) in [6.07, 6.45) is -5.24. The molecule has 0 saturated heterocycles. The second-order valence-corrected chi connectivity index (χ2v) is 6.90. The third-order valence-corrected chi connectivity index (χ3v) is 4.43. The third kappa shape index (κ3) is 7.54. The number of carbonyl (C=O) groups excluding carboxylic acids is 2. The number of hydrogen-bond acceptors (Lipinski definition) is 4. The first-order valence-corrected chi connectivity index (χ1v) is 9.88. The highest BCUT2D eigenvalue weighted by Crippen LogP contribution is 2.26. The van der Waals surface area contributed by atoms with Crippen LogP contribution in [0.15, 0.2) is 54.6 Å². The van der Waals surface area contributed by atoms with Crippen molar-refractivity contribution in [2.45, 2.75) is 57.9 Å². The van der Waals surface area contributed by atoms with Crippen LogP contribution in [-0.4, -0.2) is 24.0 Å². The molecule has 2 rings (SSSR count). The zero-order chi connectivity index (χ0) is 22.0. The van der Waals surface area contributed by atoms with Gasteiger partial charge >= 0.3 is 12.1 Å². The molecule has 1 atom stereocenters. The number of hydrogen-bond donors (Lipinski definition) is 0. The highest BCUT2D eigenvalue weighted by molar-refractivity contribution is 5.93. The number of halogens is 3. The molecule has 0 unspecified atom stereocenters. The lowest BCUT2D eigenvalue weighted by Crippen LogP contribution is -2.40. The Morgan fingerprint density at radius 1 is 0.933 bits per heavy atom. The predicted molar refractivity (Wildman–Crippen MR) is 106 cm³/mol. The van der Waals surface area contributed by atoms with Gasteiger partial charge in [0.2, 0.25) is 0 Å². The van der Waals surface area contributed by atoms with Crippen LogP contribution >= 0.6 is 0 Å². The SMILES string of the molecule is CCCCCCC(=O)[C@H](OC(=O)c1ccc(OCc2ccccc2)cc1)C(F)(F)F. The van der Waals surface area contributed by atoms with Crippen molar-refractivity contribution in [1.82, 2.24) is 0 Å². The van der Waals surface area contributed by atoms with E-state index < -0.39 is 24.0 Å². The molecular formula is C23H25F3O4. The second-order valence-electron chi connectivity index (χ2n) is 6.90. The molecule has 0 N–H and O–H groups in total. The molecule has 2 aromatic carbocycles. The third-order valence-electron chi connectivity index (χ3n) is 4.43. The van der Waals surface area contributed by atoms with Gasteiger partial charge in [0, 0.05) is 6.42 Å². The van der Waals surface area contributed by atoms with Crippen molar-refractivity contribution in [3.05, 3.63) is 65.7 Å². The molecule has 0 aliphatic carbocycles. The summed E-state index contributed by atoms with van der Waals surface area (Å²) >= 11 is 0. The van der Waals surface area contributed by atoms with E-state index in [1.807, 2.05) is 37.3 Å². The number of ketones is 1. The van der Waals surface area contributed by atoms with Crippen LogP contribution in [0.25, 0.3) is 0 Å². The van der Waals surface area contributed by atoms with Crippen molar-refractivity contribution in [1.29, 1.82) is 0 Å². The number of benzene rings is 2. The normalized spacial score (nSPS) is 12.3. The van der Waals surface area contributed by atoms with E-state index in [9.17, 15) is 22.8 Å². The van der Waals surface area contributed by atoms with Gasteiger partial charge in [-0.15, -0.1) is 0 Å². The van der Waals surface area contributed by atoms with Crippen molar-refractivity contribution in [3.8, 4) is 5.75 Å². The fourth-order valence-corrected chi connectivity index (χ4v) is 2.78. The van der Waals surface area contributed by atoms with E-state index in [1.54, 1.807) is 0 Å². The number of unbranched alkanes of at least 4 members (excludes halogenated alkanes) is 3. The summed E-state index contributed by atoms with van der Waals surface area (Å²) in [5.74, 6) is -1.88. The summed E-state index contributed by atoms with van der Waals surface area (Å²) in [7, 11) is 0. The smallest absolute Gasteiger partial charge is 0.432 e. The number of esters is 1. The van der Waals surface area contributed by atoms with Crippen LogP contribution in [0.3, 0.4) is 0 Å². The van der Waals surface area contributed by atoms with Gasteiger partial charge in [-0.25, -0.2) is 4.79 Å². The number of carbonyl (C=O) groups is 2. The Kier molecular flexibility index (Phi) is 8.89. The summed E-state index contributed by atoms with van der Waals surface area (Å²) in [6.45, 7) is 2.27. The Hall–Kier alpha value is -2.83. The van der Waals surface area contributed by atoms with E-state index in [-0.39, 0.29) is 12.0 Å². The number of ether oxygens (including phenoxy) is 2. The molecule has 0 fully saturated rings. The Bertz CT molecular complexity index is 801. The van der Waals surface area contributed by atoms with Crippen LogP contribution in [0.2, 0.25) is 0 Å². The van der Waals surface area contributed by atoms with Gasteiger partial charge in [0.1, 0.15) is 12.4 Å². The summed E-state index contributed by atoms with van der Waals surface area (Å²) in [5, 5.41) is 0. The highest BCUT2D eigenvalue weighted by atomic mass is 19.4. The summed E-state index contributed by atoms with van der Waals surface area (Å²) < 4.78 is 49.8. The summed E-state index contributed by atoms with van der Waals surface area (Å²) in [4.78, 5) is 24.1. The minimum absolute atomic E-state index is 0.0879. The molecule has 0 radical (unpaired) electrons. The van der Waals surface area contributed by atoms with Gasteiger partial charge in [0.25, 0.3) is 6.10 Å². The molecular weight excluding hydrogens is 397 g/mol. The Morgan fingerprint density at radius 3 is 2.20 bits per heavy atom. The Balaban J connectivity index is 1.95. The van der Waals surface area contributed by atoms with Gasteiger partial charge in [0.15, 0.2) is 5.78 Å². The highest BCUT2D eigenvalue weighted by Gasteiger charge is 2.47. The van der Waals surface area contributed by atoms with Crippen LogP contribution < -0.4 is 4.74 Å². The predicted octanol–water partition coefficient (Wildman–Crippen LogP) is 5.89. The monoisotopic (exact) mass is 422 g/mol. The average Bonchev–Trinajstić information content (AvgIpc) is 2.73. The quantitative estimate of drug-likeness (QED) is 0.335. The maximum absolute atomic E-state index is 13.2. The molecule has 0 spiro atoms. The van der Waals surface area contributed by atoms with Crippen LogP contribution in [0.4, 0.5) is 13.2 Å². The van der Waals surface area contributed by atoms with E-state index >= 15 is 0 Å². The van der Waals surface area contributed by atoms with Gasteiger partial charge in [-0.3, -0.25) is 4.79 Å². The molecule has 0 heterocycles. The first-order chi connectivity index (χ1) is 14.3. The summed E-state index contributed by atoms with van der Waals surface area (Å²) in [6, 6.07) is 15.0. The van der Waals surface area contributed by atoms with E-state index in [1.165, 1.54) is 24.3 Å². The van der Waals surface area contributed by atoms with Crippen LogP contribution in [0.5, 0.6) is 5.75 Å². The molecule has 7 heteroatoms. The van der Waals surface area contributed by atoms with Gasteiger partial charge in [-0.05, 0) is 36.2 Å². The fraction of sp³-hybridized carbons (Fsp3) is 0.391. The molecule has 162 valence electrons. The van der Waals surface area contributed by atoms with Gasteiger partial charge in [0.05, 0.1) is 5.56 Å². The molecule has 4 nitrogen and oxygen atoms in total. The average molecular weight is 422 g/mol. The molecule has 0 bridgehead atoms.